The summed E-state index contributed by atoms with van der Waals surface area (Å²) < 4.78 is 47.9. The molecule has 5 rings (SSSR count). The molecule has 0 spiro atoms. The molecule has 1 N–H and O–H groups in total. The van der Waals surface area contributed by atoms with Crippen LogP contribution in [0.5, 0.6) is 0 Å². The number of nitriles is 1. The van der Waals surface area contributed by atoms with Gasteiger partial charge < -0.3 is 15.0 Å². The average Bonchev–Trinajstić information content (AvgIpc) is 3.36. The molecule has 0 radical (unpaired) electrons. The van der Waals surface area contributed by atoms with Gasteiger partial charge in [0, 0.05) is 38.4 Å². The number of Topliss-reactive ketones (excluding diaryl/α,β-unsaturated/α-hetero) is 1. The minimum absolute atomic E-state index is 0.0127. The Bertz CT molecular complexity index is 1570. The molecule has 3 heterocycles. The van der Waals surface area contributed by atoms with E-state index in [1.54, 1.807) is 25.1 Å². The normalized spacial score (nSPS) is 16.9. The molecule has 0 atom stereocenters. The van der Waals surface area contributed by atoms with Gasteiger partial charge in [0.05, 0.1) is 40.4 Å². The fourth-order valence-electron chi connectivity index (χ4n) is 5.66. The first-order valence-corrected chi connectivity index (χ1v) is 14.1. The molecule has 1 aliphatic carbocycles. The highest BCUT2D eigenvalue weighted by Crippen LogP contribution is 2.42. The lowest BCUT2D eigenvalue weighted by Gasteiger charge is -2.32. The van der Waals surface area contributed by atoms with Gasteiger partial charge in [0.2, 0.25) is 5.95 Å². The quantitative estimate of drug-likeness (QED) is 0.366. The van der Waals surface area contributed by atoms with Crippen LogP contribution in [0.4, 0.5) is 24.8 Å². The van der Waals surface area contributed by atoms with Crippen LogP contribution in [0.1, 0.15) is 77.7 Å². The second kappa shape index (κ2) is 11.7. The smallest absolute Gasteiger partial charge is 0.435 e. The van der Waals surface area contributed by atoms with Crippen LogP contribution < -0.4 is 10.2 Å². The summed E-state index contributed by atoms with van der Waals surface area (Å²) in [6.45, 7) is 7.63. The van der Waals surface area contributed by atoms with E-state index in [1.165, 1.54) is 17.1 Å². The van der Waals surface area contributed by atoms with Gasteiger partial charge in [-0.05, 0) is 55.7 Å². The molecule has 1 aromatic carbocycles. The molecule has 0 unspecified atom stereocenters. The van der Waals surface area contributed by atoms with E-state index in [2.05, 4.69) is 26.5 Å². The van der Waals surface area contributed by atoms with E-state index in [-0.39, 0.29) is 36.6 Å². The van der Waals surface area contributed by atoms with Gasteiger partial charge in [0.15, 0.2) is 11.5 Å². The highest BCUT2D eigenvalue weighted by atomic mass is 19.4. The van der Waals surface area contributed by atoms with Crippen molar-refractivity contribution in [2.24, 2.45) is 11.3 Å². The topological polar surface area (TPSA) is 126 Å². The zero-order valence-electron chi connectivity index (χ0n) is 24.2. The van der Waals surface area contributed by atoms with Crippen molar-refractivity contribution in [2.75, 3.05) is 36.5 Å². The van der Waals surface area contributed by atoms with Crippen LogP contribution in [-0.2, 0) is 17.3 Å². The highest BCUT2D eigenvalue weighted by Gasteiger charge is 2.45. The number of piperidine rings is 1. The number of fused-ring (bicyclic) bond motifs is 1. The molecule has 0 saturated carbocycles. The molecule has 43 heavy (non-hydrogen) atoms. The Hall–Kier alpha value is -4.47. The second-order valence-corrected chi connectivity index (χ2v) is 11.7. The molecular weight excluding hydrogens is 563 g/mol. The van der Waals surface area contributed by atoms with Gasteiger partial charge in [-0.2, -0.15) is 23.5 Å². The zero-order chi connectivity index (χ0) is 30.9. The van der Waals surface area contributed by atoms with Crippen LogP contribution in [0, 0.1) is 22.7 Å². The van der Waals surface area contributed by atoms with Gasteiger partial charge in [-0.15, -0.1) is 0 Å². The highest BCUT2D eigenvalue weighted by molar-refractivity contribution is 6.00. The minimum Gasteiger partial charge on any atom is -0.462 e. The number of carbonyl (C=O) groups is 2. The van der Waals surface area contributed by atoms with Crippen molar-refractivity contribution < 1.29 is 27.5 Å². The third-order valence-electron chi connectivity index (χ3n) is 7.81. The van der Waals surface area contributed by atoms with Crippen molar-refractivity contribution >= 4 is 23.4 Å². The van der Waals surface area contributed by atoms with Crippen LogP contribution in [-0.4, -0.2) is 57.7 Å². The van der Waals surface area contributed by atoms with Gasteiger partial charge in [-0.25, -0.2) is 19.4 Å². The zero-order valence-corrected chi connectivity index (χ0v) is 24.2. The first-order valence-electron chi connectivity index (χ1n) is 14.1. The third-order valence-corrected chi connectivity index (χ3v) is 7.81. The van der Waals surface area contributed by atoms with Gasteiger partial charge in [0.1, 0.15) is 6.07 Å². The fraction of sp³-hybridized carbons (Fsp3) is 0.467. The molecule has 3 aromatic rings. The summed E-state index contributed by atoms with van der Waals surface area (Å²) in [6.07, 6.45) is 0.0353. The number of hydrogen-bond acceptors (Lipinski definition) is 9. The maximum absolute atomic E-state index is 13.9. The third kappa shape index (κ3) is 6.33. The number of alkyl halides is 3. The van der Waals surface area contributed by atoms with Gasteiger partial charge >= 0.3 is 12.1 Å². The number of rotatable bonds is 7. The molecule has 10 nitrogen and oxygen atoms in total. The van der Waals surface area contributed by atoms with Crippen LogP contribution in [0.15, 0.2) is 30.6 Å². The van der Waals surface area contributed by atoms with Crippen LogP contribution in [0.3, 0.4) is 0 Å². The van der Waals surface area contributed by atoms with Gasteiger partial charge in [-0.3, -0.25) is 4.79 Å². The lowest BCUT2D eigenvalue weighted by molar-refractivity contribution is -0.141. The number of nitrogens with zero attached hydrogens (tertiary/aromatic N) is 6. The van der Waals surface area contributed by atoms with E-state index in [0.29, 0.717) is 48.1 Å². The number of hydrogen-bond donors (Lipinski definition) is 1. The molecule has 2 aromatic heterocycles. The number of ketones is 1. The lowest BCUT2D eigenvalue weighted by atomic mass is 9.75. The summed E-state index contributed by atoms with van der Waals surface area (Å²) in [5.74, 6) is -0.243. The van der Waals surface area contributed by atoms with E-state index < -0.39 is 29.0 Å². The summed E-state index contributed by atoms with van der Waals surface area (Å²) in [4.78, 5) is 35.3. The van der Waals surface area contributed by atoms with Crippen molar-refractivity contribution in [3.8, 4) is 11.8 Å². The minimum atomic E-state index is -4.77. The molecule has 0 amide bonds. The van der Waals surface area contributed by atoms with Crippen molar-refractivity contribution in [1.29, 1.82) is 5.26 Å². The molecule has 226 valence electrons. The van der Waals surface area contributed by atoms with Gasteiger partial charge in [0.25, 0.3) is 0 Å². The predicted octanol–water partition coefficient (Wildman–Crippen LogP) is 5.21. The van der Waals surface area contributed by atoms with Crippen LogP contribution >= 0.6 is 0 Å². The number of carbonyl (C=O) groups excluding carboxylic acids is 2. The lowest BCUT2D eigenvalue weighted by Crippen LogP contribution is -2.37. The van der Waals surface area contributed by atoms with E-state index in [4.69, 9.17) is 4.74 Å². The first-order chi connectivity index (χ1) is 20.4. The number of ether oxygens (including phenoxy) is 1. The van der Waals surface area contributed by atoms with Crippen molar-refractivity contribution in [2.45, 2.75) is 52.6 Å². The number of anilines is 2. The van der Waals surface area contributed by atoms with Crippen LogP contribution in [0.25, 0.3) is 5.69 Å². The SMILES string of the molecule is CCOC(=O)c1cnc(N2CCC(CNc3cc(-n4nc(C(F)(F)F)c5c4CC(C)(C)CC5=O)ccc3C#N)CC2)nc1. The molecular formula is C30H32F3N7O3. The molecule has 13 heteroatoms. The Morgan fingerprint density at radius 1 is 1.19 bits per heavy atom. The maximum Gasteiger partial charge on any atom is 0.435 e. The molecule has 1 saturated heterocycles. The molecule has 2 aliphatic rings. The maximum atomic E-state index is 13.9. The first kappa shape index (κ1) is 30.0. The van der Waals surface area contributed by atoms with E-state index in [1.807, 2.05) is 18.7 Å². The number of aromatic nitrogens is 4. The standard InChI is InChI=1S/C30H32F3N7O3/c1-4-43-27(42)20-16-36-28(37-17-20)39-9-7-18(8-10-39)15-35-22-11-21(6-5-19(22)14-34)40-23-12-29(2,3)13-24(41)25(23)26(38-40)30(31,32)33/h5-6,11,16-18,35H,4,7-10,12-13,15H2,1-3H3. The van der Waals surface area contributed by atoms with Crippen molar-refractivity contribution in [1.82, 2.24) is 19.7 Å². The summed E-state index contributed by atoms with van der Waals surface area (Å²) in [5.41, 5.74) is -0.345. The van der Waals surface area contributed by atoms with Crippen molar-refractivity contribution in [3.05, 3.63) is 58.7 Å². The molecule has 0 bridgehead atoms. The average molecular weight is 596 g/mol. The number of nitrogens with one attached hydrogen (secondary N) is 1. The van der Waals surface area contributed by atoms with E-state index in [0.717, 1.165) is 12.8 Å². The Kier molecular flexibility index (Phi) is 8.14. The second-order valence-electron chi connectivity index (χ2n) is 11.7. The van der Waals surface area contributed by atoms with Crippen molar-refractivity contribution in [3.63, 3.8) is 0 Å². The monoisotopic (exact) mass is 595 g/mol. The number of halogens is 3. The summed E-state index contributed by atoms with van der Waals surface area (Å²) in [5, 5.41) is 16.9. The summed E-state index contributed by atoms with van der Waals surface area (Å²) in [7, 11) is 0. The van der Waals surface area contributed by atoms with E-state index in [9.17, 15) is 28.0 Å². The Labute approximate surface area is 246 Å². The Balaban J connectivity index is 1.30. The Morgan fingerprint density at radius 3 is 2.51 bits per heavy atom. The predicted molar refractivity (Wildman–Crippen MR) is 151 cm³/mol. The van der Waals surface area contributed by atoms with Gasteiger partial charge in [-0.1, -0.05) is 13.8 Å². The number of esters is 1. The fourth-order valence-corrected chi connectivity index (χ4v) is 5.66. The Morgan fingerprint density at radius 2 is 1.88 bits per heavy atom. The van der Waals surface area contributed by atoms with Crippen LogP contribution in [0.2, 0.25) is 0 Å². The molecule has 1 aliphatic heterocycles. The number of benzene rings is 1. The largest absolute Gasteiger partial charge is 0.462 e. The van der Waals surface area contributed by atoms with E-state index >= 15 is 0 Å². The molecule has 1 fully saturated rings. The summed E-state index contributed by atoms with van der Waals surface area (Å²) in [6, 6.07) is 6.86. The summed E-state index contributed by atoms with van der Waals surface area (Å²) >= 11 is 0.